The number of urea groups is 1. The van der Waals surface area contributed by atoms with Crippen molar-refractivity contribution in [2.75, 3.05) is 0 Å². The average molecular weight is 296 g/mol. The number of carbonyl (C=O) groups excluding carboxylic acids is 1. The van der Waals surface area contributed by atoms with Crippen molar-refractivity contribution < 1.29 is 4.79 Å². The highest BCUT2D eigenvalue weighted by molar-refractivity contribution is 9.10. The fourth-order valence-electron chi connectivity index (χ4n) is 2.23. The molecule has 2 rings (SSSR count). The zero-order chi connectivity index (χ0) is 12.5. The zero-order valence-corrected chi connectivity index (χ0v) is 10.9. The number of hydrogen-bond acceptors (Lipinski definition) is 2. The van der Waals surface area contributed by atoms with Crippen molar-refractivity contribution in [3.63, 3.8) is 0 Å². The Morgan fingerprint density at radius 2 is 1.94 bits per heavy atom. The third-order valence-electron chi connectivity index (χ3n) is 3.33. The van der Waals surface area contributed by atoms with Gasteiger partial charge in [0.2, 0.25) is 0 Å². The van der Waals surface area contributed by atoms with E-state index in [-0.39, 0.29) is 11.3 Å². The van der Waals surface area contributed by atoms with Crippen molar-refractivity contribution >= 4 is 27.8 Å². The molecule has 0 radical (unpaired) electrons. The van der Waals surface area contributed by atoms with Crippen LogP contribution in [0.4, 0.5) is 4.79 Å². The summed E-state index contributed by atoms with van der Waals surface area (Å²) in [6.45, 7) is 0. The van der Waals surface area contributed by atoms with Crippen molar-refractivity contribution in [1.82, 2.24) is 5.32 Å². The van der Waals surface area contributed by atoms with E-state index in [1.165, 1.54) is 0 Å². The molecule has 2 amide bonds. The van der Waals surface area contributed by atoms with E-state index >= 15 is 0 Å². The van der Waals surface area contributed by atoms with Gasteiger partial charge in [-0.15, -0.1) is 0 Å². The second-order valence-electron chi connectivity index (χ2n) is 4.31. The molecule has 4 N–H and O–H groups in total. The highest BCUT2D eigenvalue weighted by Gasteiger charge is 2.43. The summed E-state index contributed by atoms with van der Waals surface area (Å²) in [6.07, 6.45) is 2.83. The molecule has 0 heterocycles. The summed E-state index contributed by atoms with van der Waals surface area (Å²) in [5, 5.41) is 10.4. The molecule has 0 aromatic heterocycles. The molecule has 5 heteroatoms. The van der Waals surface area contributed by atoms with Crippen LogP contribution < -0.4 is 11.1 Å². The molecule has 1 aliphatic rings. The topological polar surface area (TPSA) is 79.0 Å². The number of nitrogens with one attached hydrogen (secondary N) is 2. The maximum atomic E-state index is 10.8. The summed E-state index contributed by atoms with van der Waals surface area (Å²) in [7, 11) is 0. The predicted molar refractivity (Wildman–Crippen MR) is 70.1 cm³/mol. The molecule has 1 saturated carbocycles. The number of amides is 2. The van der Waals surface area contributed by atoms with E-state index in [2.05, 4.69) is 21.2 Å². The van der Waals surface area contributed by atoms with Gasteiger partial charge in [0.15, 0.2) is 0 Å². The predicted octanol–water partition coefficient (Wildman–Crippen LogP) is 2.52. The molecule has 0 unspecified atom stereocenters. The lowest BCUT2D eigenvalue weighted by molar-refractivity contribution is 0.250. The third-order valence-corrected chi connectivity index (χ3v) is 3.86. The Hall–Kier alpha value is -1.36. The van der Waals surface area contributed by atoms with Gasteiger partial charge >= 0.3 is 6.03 Å². The van der Waals surface area contributed by atoms with Crippen LogP contribution in [-0.2, 0) is 5.41 Å². The summed E-state index contributed by atoms with van der Waals surface area (Å²) < 4.78 is 1.00. The van der Waals surface area contributed by atoms with Gasteiger partial charge in [-0.2, -0.15) is 0 Å². The smallest absolute Gasteiger partial charge is 0.317 e. The van der Waals surface area contributed by atoms with Gasteiger partial charge in [-0.1, -0.05) is 34.5 Å². The summed E-state index contributed by atoms with van der Waals surface area (Å²) in [6, 6.07) is 7.21. The number of primary amides is 1. The summed E-state index contributed by atoms with van der Waals surface area (Å²) in [5.74, 6) is 0.207. The monoisotopic (exact) mass is 295 g/mol. The van der Waals surface area contributed by atoms with Crippen molar-refractivity contribution in [2.24, 2.45) is 5.73 Å². The van der Waals surface area contributed by atoms with E-state index in [4.69, 9.17) is 11.1 Å². The zero-order valence-electron chi connectivity index (χ0n) is 9.29. The Morgan fingerprint density at radius 1 is 1.35 bits per heavy atom. The molecule has 4 nitrogen and oxygen atoms in total. The fraction of sp³-hybridized carbons (Fsp3) is 0.333. The van der Waals surface area contributed by atoms with E-state index in [1.54, 1.807) is 0 Å². The Labute approximate surface area is 108 Å². The first-order valence-electron chi connectivity index (χ1n) is 5.46. The Morgan fingerprint density at radius 3 is 2.35 bits per heavy atom. The summed E-state index contributed by atoms with van der Waals surface area (Å²) in [5.41, 5.74) is 5.78. The van der Waals surface area contributed by atoms with Gasteiger partial charge in [0.05, 0.1) is 5.41 Å². The number of benzene rings is 1. The van der Waals surface area contributed by atoms with Crippen LogP contribution in [-0.4, -0.2) is 11.9 Å². The molecule has 0 saturated heterocycles. The van der Waals surface area contributed by atoms with E-state index < -0.39 is 6.03 Å². The lowest BCUT2D eigenvalue weighted by Gasteiger charge is -2.42. The maximum absolute atomic E-state index is 10.8. The molecule has 0 bridgehead atoms. The molecule has 0 aliphatic heterocycles. The molecule has 1 fully saturated rings. The molecule has 0 spiro atoms. The number of carbonyl (C=O) groups is 1. The van der Waals surface area contributed by atoms with Crippen molar-refractivity contribution in [2.45, 2.75) is 24.7 Å². The van der Waals surface area contributed by atoms with Crippen LogP contribution >= 0.6 is 15.9 Å². The molecular formula is C12H14BrN3O. The molecule has 0 atom stereocenters. The third kappa shape index (κ3) is 2.20. The van der Waals surface area contributed by atoms with Gasteiger partial charge in [0.25, 0.3) is 0 Å². The highest BCUT2D eigenvalue weighted by Crippen LogP contribution is 2.44. The number of amidine groups is 1. The number of nitrogens with two attached hydrogens (primary N) is 1. The normalized spacial score (nSPS) is 17.0. The van der Waals surface area contributed by atoms with Crippen LogP contribution in [0, 0.1) is 5.41 Å². The maximum Gasteiger partial charge on any atom is 0.317 e. The summed E-state index contributed by atoms with van der Waals surface area (Å²) >= 11 is 3.39. The van der Waals surface area contributed by atoms with Crippen LogP contribution in [0.3, 0.4) is 0 Å². The number of halogens is 1. The lowest BCUT2D eigenvalue weighted by atomic mass is 9.63. The van der Waals surface area contributed by atoms with Gasteiger partial charge in [-0.05, 0) is 30.5 Å². The SMILES string of the molecule is N=C(NC(N)=O)C1(c2ccc(Br)cc2)CCC1. The van der Waals surface area contributed by atoms with Gasteiger partial charge in [-0.3, -0.25) is 10.7 Å². The van der Waals surface area contributed by atoms with Crippen LogP contribution in [0.5, 0.6) is 0 Å². The lowest BCUT2D eigenvalue weighted by Crippen LogP contribution is -2.51. The van der Waals surface area contributed by atoms with Crippen molar-refractivity contribution in [3.05, 3.63) is 34.3 Å². The Kier molecular flexibility index (Phi) is 3.19. The first-order valence-corrected chi connectivity index (χ1v) is 6.25. The van der Waals surface area contributed by atoms with Gasteiger partial charge < -0.3 is 5.73 Å². The average Bonchev–Trinajstić information content (AvgIpc) is 2.18. The van der Waals surface area contributed by atoms with Crippen molar-refractivity contribution in [3.8, 4) is 0 Å². The van der Waals surface area contributed by atoms with Crippen LogP contribution in [0.25, 0.3) is 0 Å². The second kappa shape index (κ2) is 4.49. The molecule has 90 valence electrons. The standard InChI is InChI=1S/C12H14BrN3O/c13-9-4-2-8(3-5-9)12(6-1-7-12)10(14)16-11(15)17/h2-5H,1,6-7H2,(H4,14,15,16,17). The van der Waals surface area contributed by atoms with E-state index in [1.807, 2.05) is 24.3 Å². The van der Waals surface area contributed by atoms with Crippen LogP contribution in [0.15, 0.2) is 28.7 Å². The van der Waals surface area contributed by atoms with E-state index in [0.717, 1.165) is 29.3 Å². The highest BCUT2D eigenvalue weighted by atomic mass is 79.9. The summed E-state index contributed by atoms with van der Waals surface area (Å²) in [4.78, 5) is 10.8. The van der Waals surface area contributed by atoms with Gasteiger partial charge in [0.1, 0.15) is 5.84 Å². The van der Waals surface area contributed by atoms with Gasteiger partial charge in [0, 0.05) is 4.47 Å². The molecule has 17 heavy (non-hydrogen) atoms. The Bertz CT molecular complexity index is 451. The van der Waals surface area contributed by atoms with E-state index in [0.29, 0.717) is 0 Å². The molecule has 1 aliphatic carbocycles. The van der Waals surface area contributed by atoms with Crippen LogP contribution in [0.2, 0.25) is 0 Å². The van der Waals surface area contributed by atoms with E-state index in [9.17, 15) is 4.79 Å². The first kappa shape index (κ1) is 12.1. The fourth-order valence-corrected chi connectivity index (χ4v) is 2.49. The quantitative estimate of drug-likeness (QED) is 0.569. The minimum atomic E-state index is -0.668. The first-order chi connectivity index (χ1) is 8.04. The molecule has 1 aromatic rings. The van der Waals surface area contributed by atoms with Gasteiger partial charge in [-0.25, -0.2) is 4.79 Å². The van der Waals surface area contributed by atoms with Crippen LogP contribution in [0.1, 0.15) is 24.8 Å². The minimum absolute atomic E-state index is 0.207. The van der Waals surface area contributed by atoms with Crippen molar-refractivity contribution in [1.29, 1.82) is 5.41 Å². The minimum Gasteiger partial charge on any atom is -0.351 e. The number of rotatable bonds is 2. The number of hydrogen-bond donors (Lipinski definition) is 3. The largest absolute Gasteiger partial charge is 0.351 e. The second-order valence-corrected chi connectivity index (χ2v) is 5.22. The molecule has 1 aromatic carbocycles. The molecular weight excluding hydrogens is 282 g/mol. The Balaban J connectivity index is 2.28.